The number of ether oxygens (including phenoxy) is 3. The Hall–Kier alpha value is -4.67. The van der Waals surface area contributed by atoms with Gasteiger partial charge in [-0.15, -0.1) is 0 Å². The smallest absolute Gasteiger partial charge is 0.411 e. The van der Waals surface area contributed by atoms with E-state index in [4.69, 9.17) is 14.2 Å². The summed E-state index contributed by atoms with van der Waals surface area (Å²) >= 11 is 0. The fourth-order valence-corrected chi connectivity index (χ4v) is 8.61. The van der Waals surface area contributed by atoms with Crippen molar-refractivity contribution in [1.29, 1.82) is 5.26 Å². The van der Waals surface area contributed by atoms with E-state index in [-0.39, 0.29) is 45.5 Å². The zero-order valence-corrected chi connectivity index (χ0v) is 27.2. The molecule has 0 radical (unpaired) electrons. The third-order valence-corrected chi connectivity index (χ3v) is 11.1. The molecule has 1 aromatic heterocycles. The summed E-state index contributed by atoms with van der Waals surface area (Å²) in [6.07, 6.45) is 4.47. The van der Waals surface area contributed by atoms with Gasteiger partial charge < -0.3 is 24.4 Å². The molecule has 4 heterocycles. The third kappa shape index (κ3) is 5.65. The number of methoxy groups -OCH3 is 1. The van der Waals surface area contributed by atoms with Gasteiger partial charge in [0.15, 0.2) is 0 Å². The van der Waals surface area contributed by atoms with E-state index in [1.54, 1.807) is 24.0 Å². The highest BCUT2D eigenvalue weighted by atomic mass is 32.2. The van der Waals surface area contributed by atoms with Crippen LogP contribution in [0.4, 0.5) is 10.5 Å². The number of fused-ring (bicyclic) bond motifs is 1. The third-order valence-electron chi connectivity index (χ3n) is 9.32. The first-order valence-corrected chi connectivity index (χ1v) is 17.2. The number of nitriles is 1. The summed E-state index contributed by atoms with van der Waals surface area (Å²) in [6.45, 7) is 4.74. The highest BCUT2D eigenvalue weighted by Gasteiger charge is 2.61. The maximum atomic E-state index is 15.0. The molecule has 246 valence electrons. The van der Waals surface area contributed by atoms with Crippen molar-refractivity contribution in [2.24, 2.45) is 11.8 Å². The summed E-state index contributed by atoms with van der Waals surface area (Å²) in [6, 6.07) is 15.2. The SMILES string of the molecule is CCOc1ncccc1C1(OC(=O)N2CCC(C3CCNCC3)CC2)C(=O)N(S(=O)(=O)c2ccccc2OC)c2ccc(C#N)cc21. The first kappa shape index (κ1) is 32.3. The number of hydrogen-bond donors (Lipinski definition) is 1. The monoisotopic (exact) mass is 659 g/mol. The Balaban J connectivity index is 1.47. The van der Waals surface area contributed by atoms with Gasteiger partial charge in [-0.3, -0.25) is 4.79 Å². The zero-order valence-electron chi connectivity index (χ0n) is 26.3. The Kier molecular flexibility index (Phi) is 9.07. The van der Waals surface area contributed by atoms with Crippen LogP contribution >= 0.6 is 0 Å². The minimum Gasteiger partial charge on any atom is -0.495 e. The normalized spacial score (nSPS) is 20.4. The molecule has 1 atom stereocenters. The van der Waals surface area contributed by atoms with E-state index in [2.05, 4.69) is 16.4 Å². The van der Waals surface area contributed by atoms with Crippen LogP contribution in [0.15, 0.2) is 65.7 Å². The summed E-state index contributed by atoms with van der Waals surface area (Å²) in [5.41, 5.74) is -2.23. The van der Waals surface area contributed by atoms with Crippen molar-refractivity contribution in [3.05, 3.63) is 77.5 Å². The molecule has 0 spiro atoms. The van der Waals surface area contributed by atoms with Crippen molar-refractivity contribution in [2.45, 2.75) is 43.1 Å². The van der Waals surface area contributed by atoms with Crippen molar-refractivity contribution >= 4 is 27.7 Å². The van der Waals surface area contributed by atoms with Gasteiger partial charge in [0, 0.05) is 24.8 Å². The fourth-order valence-electron chi connectivity index (χ4n) is 6.99. The highest BCUT2D eigenvalue weighted by Crippen LogP contribution is 2.52. The van der Waals surface area contributed by atoms with E-state index in [1.165, 1.54) is 55.8 Å². The molecule has 47 heavy (non-hydrogen) atoms. The quantitative estimate of drug-likeness (QED) is 0.373. The van der Waals surface area contributed by atoms with Crippen molar-refractivity contribution in [2.75, 3.05) is 44.2 Å². The molecule has 6 rings (SSSR count). The van der Waals surface area contributed by atoms with E-state index in [0.717, 1.165) is 38.8 Å². The zero-order chi connectivity index (χ0) is 33.2. The molecule has 13 heteroatoms. The molecule has 0 aliphatic carbocycles. The molecule has 1 N–H and O–H groups in total. The van der Waals surface area contributed by atoms with Crippen molar-refractivity contribution in [3.8, 4) is 17.7 Å². The minimum atomic E-state index is -4.64. The lowest BCUT2D eigenvalue weighted by atomic mass is 9.79. The molecule has 2 amide bonds. The maximum Gasteiger partial charge on any atom is 0.411 e. The molecule has 1 unspecified atom stereocenters. The fraction of sp³-hybridized carbons (Fsp3) is 0.412. The van der Waals surface area contributed by atoms with Gasteiger partial charge >= 0.3 is 6.09 Å². The average Bonchev–Trinajstić information content (AvgIpc) is 3.36. The molecule has 2 aromatic carbocycles. The second kappa shape index (κ2) is 13.2. The van der Waals surface area contributed by atoms with Gasteiger partial charge in [0.1, 0.15) is 10.6 Å². The summed E-state index contributed by atoms with van der Waals surface area (Å²) in [5.74, 6) is 0.0156. The van der Waals surface area contributed by atoms with Crippen LogP contribution in [0.1, 0.15) is 49.3 Å². The largest absolute Gasteiger partial charge is 0.495 e. The molecule has 12 nitrogen and oxygen atoms in total. The molecule has 2 fully saturated rings. The minimum absolute atomic E-state index is 0.00641. The number of aromatic nitrogens is 1. The second-order valence-corrected chi connectivity index (χ2v) is 13.6. The molecule has 2 saturated heterocycles. The van der Waals surface area contributed by atoms with Crippen LogP contribution in [-0.4, -0.2) is 70.2 Å². The molecule has 3 aliphatic rings. The van der Waals surface area contributed by atoms with Crippen LogP contribution < -0.4 is 19.1 Å². The van der Waals surface area contributed by atoms with Gasteiger partial charge in [0.2, 0.25) is 5.88 Å². The van der Waals surface area contributed by atoms with Crippen LogP contribution in [0.5, 0.6) is 11.6 Å². The first-order chi connectivity index (χ1) is 22.8. The lowest BCUT2D eigenvalue weighted by Crippen LogP contribution is -2.50. The number of nitrogens with one attached hydrogen (secondary N) is 1. The Bertz CT molecular complexity index is 1810. The number of carbonyl (C=O) groups excluding carboxylic acids is 2. The van der Waals surface area contributed by atoms with Crippen LogP contribution in [0.3, 0.4) is 0 Å². The number of para-hydroxylation sites is 1. The number of rotatable bonds is 8. The first-order valence-electron chi connectivity index (χ1n) is 15.8. The van der Waals surface area contributed by atoms with Crippen molar-refractivity contribution < 1.29 is 32.2 Å². The number of sulfonamides is 1. The molecule has 0 bridgehead atoms. The Morgan fingerprint density at radius 1 is 1.04 bits per heavy atom. The topological polar surface area (TPSA) is 151 Å². The number of anilines is 1. The van der Waals surface area contributed by atoms with Gasteiger partial charge in [0.25, 0.3) is 21.5 Å². The van der Waals surface area contributed by atoms with Crippen molar-refractivity contribution in [1.82, 2.24) is 15.2 Å². The number of likely N-dealkylation sites (tertiary alicyclic amines) is 1. The predicted octanol–water partition coefficient (Wildman–Crippen LogP) is 4.19. The van der Waals surface area contributed by atoms with E-state index < -0.39 is 27.6 Å². The number of piperidine rings is 2. The summed E-state index contributed by atoms with van der Waals surface area (Å²) in [4.78, 5) is 34.8. The van der Waals surface area contributed by atoms with E-state index in [0.29, 0.717) is 29.2 Å². The number of nitrogens with zero attached hydrogens (tertiary/aromatic N) is 4. The Labute approximate surface area is 274 Å². The number of hydrogen-bond acceptors (Lipinski definition) is 10. The van der Waals surface area contributed by atoms with Gasteiger partial charge in [-0.25, -0.2) is 18.2 Å². The lowest BCUT2D eigenvalue weighted by Gasteiger charge is -2.39. The second-order valence-electron chi connectivity index (χ2n) is 11.8. The average molecular weight is 660 g/mol. The van der Waals surface area contributed by atoms with Crippen LogP contribution in [0.25, 0.3) is 0 Å². The Morgan fingerprint density at radius 3 is 2.47 bits per heavy atom. The van der Waals surface area contributed by atoms with Crippen molar-refractivity contribution in [3.63, 3.8) is 0 Å². The van der Waals surface area contributed by atoms with Crippen LogP contribution in [0.2, 0.25) is 0 Å². The molecular formula is C34H37N5O7S. The molecule has 3 aliphatic heterocycles. The summed E-state index contributed by atoms with van der Waals surface area (Å²) in [5, 5.41) is 13.3. The number of benzene rings is 2. The summed E-state index contributed by atoms with van der Waals surface area (Å²) < 4.78 is 46.9. The van der Waals surface area contributed by atoms with E-state index in [1.807, 2.05) is 0 Å². The number of carbonyl (C=O) groups is 2. The van der Waals surface area contributed by atoms with E-state index in [9.17, 15) is 23.3 Å². The molecule has 3 aromatic rings. The lowest BCUT2D eigenvalue weighted by molar-refractivity contribution is -0.132. The number of pyridine rings is 1. The summed E-state index contributed by atoms with van der Waals surface area (Å²) in [7, 11) is -3.31. The highest BCUT2D eigenvalue weighted by molar-refractivity contribution is 7.93. The van der Waals surface area contributed by atoms with Gasteiger partial charge in [-0.2, -0.15) is 9.57 Å². The van der Waals surface area contributed by atoms with Gasteiger partial charge in [-0.1, -0.05) is 12.1 Å². The molecule has 0 saturated carbocycles. The number of amides is 2. The standard InChI is InChI=1S/C34H37N5O7S/c1-3-45-31-26(7-6-16-37-31)34(46-33(41)38-19-14-25(15-20-38)24-12-17-36-18-13-24)27-21-23(22-35)10-11-28(27)39(32(34)40)47(42,43)30-9-5-4-8-29(30)44-2/h4-11,16,21,24-25,36H,3,12-15,17-20H2,1-2H3. The maximum absolute atomic E-state index is 15.0. The van der Waals surface area contributed by atoms with Crippen LogP contribution in [-0.2, 0) is 25.2 Å². The Morgan fingerprint density at radius 2 is 1.77 bits per heavy atom. The van der Waals surface area contributed by atoms with Gasteiger partial charge in [-0.05, 0) is 100.0 Å². The molecular weight excluding hydrogens is 622 g/mol. The van der Waals surface area contributed by atoms with Gasteiger partial charge in [0.05, 0.1) is 36.6 Å². The predicted molar refractivity (Wildman–Crippen MR) is 171 cm³/mol. The van der Waals surface area contributed by atoms with Crippen LogP contribution in [0, 0.1) is 23.2 Å². The van der Waals surface area contributed by atoms with E-state index >= 15 is 0 Å².